The molecule has 142 valence electrons. The summed E-state index contributed by atoms with van der Waals surface area (Å²) in [5.74, 6) is -0.891. The molecule has 0 radical (unpaired) electrons. The molecule has 2 rings (SSSR count). The van der Waals surface area contributed by atoms with Gasteiger partial charge < -0.3 is 20.7 Å². The summed E-state index contributed by atoms with van der Waals surface area (Å²) in [5.41, 5.74) is 6.19. The summed E-state index contributed by atoms with van der Waals surface area (Å²) in [6.45, 7) is 2.14. The maximum Gasteiger partial charge on any atom is 0.306 e. The van der Waals surface area contributed by atoms with Crippen LogP contribution in [-0.4, -0.2) is 48.4 Å². The lowest BCUT2D eigenvalue weighted by Crippen LogP contribution is -2.47. The maximum absolute atomic E-state index is 12.4. The zero-order chi connectivity index (χ0) is 18.8. The second-order valence-electron chi connectivity index (χ2n) is 6.46. The highest BCUT2D eigenvalue weighted by Gasteiger charge is 2.27. The van der Waals surface area contributed by atoms with Gasteiger partial charge in [0, 0.05) is 19.5 Å². The molecule has 1 aromatic carbocycles. The third kappa shape index (κ3) is 6.84. The molecular weight excluding hydrogens is 334 g/mol. The highest BCUT2D eigenvalue weighted by Crippen LogP contribution is 2.10. The Morgan fingerprint density at radius 3 is 2.50 bits per heavy atom. The summed E-state index contributed by atoms with van der Waals surface area (Å²) in [5, 5.41) is 3.06. The van der Waals surface area contributed by atoms with Crippen molar-refractivity contribution < 1.29 is 19.1 Å². The minimum absolute atomic E-state index is 0.0339. The minimum Gasteiger partial charge on any atom is -0.461 e. The number of nitrogens with one attached hydrogen (secondary N) is 1. The van der Waals surface area contributed by atoms with Crippen molar-refractivity contribution in [2.75, 3.05) is 19.6 Å². The van der Waals surface area contributed by atoms with Crippen molar-refractivity contribution in [1.82, 2.24) is 10.2 Å². The summed E-state index contributed by atoms with van der Waals surface area (Å²) >= 11 is 0. The zero-order valence-electron chi connectivity index (χ0n) is 15.0. The number of hydrogen-bond acceptors (Lipinski definition) is 5. The number of carbonyl (C=O) groups excluding carboxylic acids is 3. The number of nitrogens with two attached hydrogens (primary N) is 1. The van der Waals surface area contributed by atoms with E-state index in [4.69, 9.17) is 10.5 Å². The molecule has 0 unspecified atom stereocenters. The molecule has 0 bridgehead atoms. The highest BCUT2D eigenvalue weighted by atomic mass is 16.5. The number of primary amides is 1. The average Bonchev–Trinajstić information content (AvgIpc) is 3.17. The lowest BCUT2D eigenvalue weighted by Gasteiger charge is -2.23. The number of hydrogen-bond donors (Lipinski definition) is 2. The van der Waals surface area contributed by atoms with Crippen molar-refractivity contribution >= 4 is 17.8 Å². The van der Waals surface area contributed by atoms with Crippen molar-refractivity contribution in [3.63, 3.8) is 0 Å². The summed E-state index contributed by atoms with van der Waals surface area (Å²) in [4.78, 5) is 37.2. The van der Waals surface area contributed by atoms with Gasteiger partial charge in [0.05, 0.1) is 12.5 Å². The second-order valence-corrected chi connectivity index (χ2v) is 6.46. The van der Waals surface area contributed by atoms with Crippen molar-refractivity contribution in [3.05, 3.63) is 35.9 Å². The lowest BCUT2D eigenvalue weighted by atomic mass is 10.1. The van der Waals surface area contributed by atoms with Gasteiger partial charge in [-0.2, -0.15) is 0 Å². The largest absolute Gasteiger partial charge is 0.461 e. The first kappa shape index (κ1) is 19.9. The molecule has 7 nitrogen and oxygen atoms in total. The van der Waals surface area contributed by atoms with E-state index in [1.165, 1.54) is 0 Å². The summed E-state index contributed by atoms with van der Waals surface area (Å²) < 4.78 is 5.21. The molecule has 0 aliphatic carbocycles. The van der Waals surface area contributed by atoms with Crippen LogP contribution in [0.15, 0.2) is 30.3 Å². The topological polar surface area (TPSA) is 102 Å². The van der Waals surface area contributed by atoms with Crippen LogP contribution in [0.5, 0.6) is 0 Å². The number of amides is 2. The maximum atomic E-state index is 12.4. The van der Waals surface area contributed by atoms with Crippen LogP contribution in [0.25, 0.3) is 0 Å². The molecule has 3 N–H and O–H groups in total. The fourth-order valence-electron chi connectivity index (χ4n) is 2.93. The molecular formula is C19H27N3O4. The van der Waals surface area contributed by atoms with Crippen molar-refractivity contribution in [2.45, 2.75) is 44.8 Å². The van der Waals surface area contributed by atoms with Gasteiger partial charge in [-0.1, -0.05) is 30.3 Å². The molecule has 1 fully saturated rings. The highest BCUT2D eigenvalue weighted by molar-refractivity contribution is 5.87. The Morgan fingerprint density at radius 2 is 1.85 bits per heavy atom. The van der Waals surface area contributed by atoms with E-state index in [0.29, 0.717) is 13.0 Å². The van der Waals surface area contributed by atoms with Crippen LogP contribution in [-0.2, 0) is 25.7 Å². The number of carbonyl (C=O) groups is 3. The molecule has 1 aromatic rings. The van der Waals surface area contributed by atoms with E-state index < -0.39 is 11.9 Å². The Morgan fingerprint density at radius 1 is 1.15 bits per heavy atom. The van der Waals surface area contributed by atoms with Gasteiger partial charge in [0.15, 0.2) is 0 Å². The molecule has 1 aliphatic rings. The van der Waals surface area contributed by atoms with E-state index in [2.05, 4.69) is 5.32 Å². The molecule has 7 heteroatoms. The number of benzene rings is 1. The van der Waals surface area contributed by atoms with Crippen LogP contribution >= 0.6 is 0 Å². The molecule has 0 saturated carbocycles. The molecule has 1 saturated heterocycles. The van der Waals surface area contributed by atoms with Gasteiger partial charge >= 0.3 is 5.97 Å². The SMILES string of the molecule is NC(=O)C[C@H](NCCCC(=O)OCc1ccccc1)C(=O)N1CCCC1. The quantitative estimate of drug-likeness (QED) is 0.477. The van der Waals surface area contributed by atoms with Crippen molar-refractivity contribution in [3.8, 4) is 0 Å². The van der Waals surface area contributed by atoms with Gasteiger partial charge in [-0.15, -0.1) is 0 Å². The summed E-state index contributed by atoms with van der Waals surface area (Å²) in [6, 6.07) is 8.86. The van der Waals surface area contributed by atoms with Gasteiger partial charge in [-0.05, 0) is 31.4 Å². The average molecular weight is 361 g/mol. The molecule has 0 spiro atoms. The van der Waals surface area contributed by atoms with Crippen LogP contribution in [0.2, 0.25) is 0 Å². The number of nitrogens with zero attached hydrogens (tertiary/aromatic N) is 1. The normalized spacial score (nSPS) is 14.8. The molecule has 1 atom stereocenters. The second kappa shape index (κ2) is 10.6. The predicted octanol–water partition coefficient (Wildman–Crippen LogP) is 0.966. The molecule has 26 heavy (non-hydrogen) atoms. The number of esters is 1. The Bertz CT molecular complexity index is 600. The monoisotopic (exact) mass is 361 g/mol. The third-order valence-corrected chi connectivity index (χ3v) is 4.31. The summed E-state index contributed by atoms with van der Waals surface area (Å²) in [6.07, 6.45) is 2.72. The molecule has 1 heterocycles. The summed E-state index contributed by atoms with van der Waals surface area (Å²) in [7, 11) is 0. The Kier molecular flexibility index (Phi) is 8.08. The first-order valence-corrected chi connectivity index (χ1v) is 9.06. The zero-order valence-corrected chi connectivity index (χ0v) is 15.0. The van der Waals surface area contributed by atoms with Gasteiger partial charge in [0.1, 0.15) is 6.61 Å². The van der Waals surface area contributed by atoms with E-state index in [1.807, 2.05) is 30.3 Å². The van der Waals surface area contributed by atoms with Gasteiger partial charge in [0.2, 0.25) is 11.8 Å². The van der Waals surface area contributed by atoms with Crippen LogP contribution in [0.4, 0.5) is 0 Å². The van der Waals surface area contributed by atoms with E-state index in [0.717, 1.165) is 31.5 Å². The lowest BCUT2D eigenvalue weighted by molar-refractivity contribution is -0.145. The number of likely N-dealkylation sites (tertiary alicyclic amines) is 1. The number of ether oxygens (including phenoxy) is 1. The standard InChI is InChI=1S/C19H27N3O4/c20-17(23)13-16(19(25)22-11-4-5-12-22)21-10-6-9-18(24)26-14-15-7-2-1-3-8-15/h1-3,7-8,16,21H,4-6,9-14H2,(H2,20,23)/t16-/m0/s1. The predicted molar refractivity (Wildman–Crippen MR) is 96.9 cm³/mol. The van der Waals surface area contributed by atoms with Crippen molar-refractivity contribution in [1.29, 1.82) is 0 Å². The minimum atomic E-state index is -0.620. The first-order valence-electron chi connectivity index (χ1n) is 9.06. The van der Waals surface area contributed by atoms with Crippen LogP contribution in [0.3, 0.4) is 0 Å². The third-order valence-electron chi connectivity index (χ3n) is 4.31. The Hall–Kier alpha value is -2.41. The number of rotatable bonds is 10. The van der Waals surface area contributed by atoms with Gasteiger partial charge in [-0.3, -0.25) is 14.4 Å². The fourth-order valence-corrected chi connectivity index (χ4v) is 2.93. The first-order chi connectivity index (χ1) is 12.6. The van der Waals surface area contributed by atoms with E-state index >= 15 is 0 Å². The molecule has 2 amide bonds. The van der Waals surface area contributed by atoms with Crippen LogP contribution in [0, 0.1) is 0 Å². The van der Waals surface area contributed by atoms with E-state index in [-0.39, 0.29) is 31.3 Å². The van der Waals surface area contributed by atoms with Gasteiger partial charge in [-0.25, -0.2) is 0 Å². The fraction of sp³-hybridized carbons (Fsp3) is 0.526. The Balaban J connectivity index is 1.68. The Labute approximate surface area is 153 Å². The van der Waals surface area contributed by atoms with Crippen LogP contribution in [0.1, 0.15) is 37.7 Å². The van der Waals surface area contributed by atoms with E-state index in [1.54, 1.807) is 4.90 Å². The van der Waals surface area contributed by atoms with Gasteiger partial charge in [0.25, 0.3) is 0 Å². The molecule has 1 aliphatic heterocycles. The molecule has 0 aromatic heterocycles. The van der Waals surface area contributed by atoms with Crippen LogP contribution < -0.4 is 11.1 Å². The van der Waals surface area contributed by atoms with Crippen molar-refractivity contribution in [2.24, 2.45) is 5.73 Å². The smallest absolute Gasteiger partial charge is 0.306 e. The van der Waals surface area contributed by atoms with E-state index in [9.17, 15) is 14.4 Å².